The van der Waals surface area contributed by atoms with Gasteiger partial charge in [0.05, 0.1) is 11.4 Å². The Morgan fingerprint density at radius 2 is 1.89 bits per heavy atom. The standard InChI is InChI=1S/C25H26N6O3S/c1-15-5-7-16(8-6-15)11-18-13-26-23(35-18)20-21(32)24(33)31-14-17(28(2)3)12-19(22(31)27-20)30-10-9-29(4)25(30)34/h5-8,12-14,32H,9-11H2,1-4H3. The highest BCUT2D eigenvalue weighted by Gasteiger charge is 2.30. The number of anilines is 2. The molecule has 1 fully saturated rings. The van der Waals surface area contributed by atoms with Gasteiger partial charge in [-0.15, -0.1) is 11.3 Å². The molecule has 3 aromatic heterocycles. The Morgan fingerprint density at radius 3 is 2.54 bits per heavy atom. The van der Waals surface area contributed by atoms with Crippen LogP contribution < -0.4 is 15.4 Å². The molecule has 0 radical (unpaired) electrons. The Hall–Kier alpha value is -3.92. The average Bonchev–Trinajstić information content (AvgIpc) is 3.43. The molecule has 1 N–H and O–H groups in total. The molecule has 4 aromatic rings. The van der Waals surface area contributed by atoms with Gasteiger partial charge in [-0.1, -0.05) is 29.8 Å². The van der Waals surface area contributed by atoms with Crippen molar-refractivity contribution in [1.29, 1.82) is 0 Å². The maximum absolute atomic E-state index is 13.3. The lowest BCUT2D eigenvalue weighted by atomic mass is 10.1. The van der Waals surface area contributed by atoms with Crippen molar-refractivity contribution in [3.05, 3.63) is 69.1 Å². The molecule has 0 unspecified atom stereocenters. The molecule has 35 heavy (non-hydrogen) atoms. The molecule has 5 rings (SSSR count). The van der Waals surface area contributed by atoms with Crippen LogP contribution in [0.4, 0.5) is 16.2 Å². The maximum atomic E-state index is 13.3. The van der Waals surface area contributed by atoms with Gasteiger partial charge in [0.25, 0.3) is 0 Å². The first-order valence-electron chi connectivity index (χ1n) is 11.2. The first kappa shape index (κ1) is 22.9. The van der Waals surface area contributed by atoms with Crippen LogP contribution in [-0.4, -0.2) is 64.6 Å². The smallest absolute Gasteiger partial charge is 0.324 e. The first-order valence-corrected chi connectivity index (χ1v) is 12.0. The topological polar surface area (TPSA) is 94.3 Å². The van der Waals surface area contributed by atoms with E-state index in [0.717, 1.165) is 10.4 Å². The minimum atomic E-state index is -0.606. The minimum absolute atomic E-state index is 0.119. The van der Waals surface area contributed by atoms with Crippen molar-refractivity contribution in [1.82, 2.24) is 19.3 Å². The van der Waals surface area contributed by atoms with Crippen molar-refractivity contribution in [2.45, 2.75) is 13.3 Å². The number of aryl methyl sites for hydroxylation is 1. The number of fused-ring (bicyclic) bond motifs is 1. The molecular weight excluding hydrogens is 464 g/mol. The Labute approximate surface area is 206 Å². The number of aromatic hydroxyl groups is 1. The van der Waals surface area contributed by atoms with Gasteiger partial charge in [0.2, 0.25) is 5.75 Å². The van der Waals surface area contributed by atoms with Crippen LogP contribution in [-0.2, 0) is 6.42 Å². The molecule has 10 heteroatoms. The Balaban J connectivity index is 1.63. The zero-order valence-electron chi connectivity index (χ0n) is 20.0. The van der Waals surface area contributed by atoms with Gasteiger partial charge < -0.3 is 14.9 Å². The highest BCUT2D eigenvalue weighted by Crippen LogP contribution is 2.34. The summed E-state index contributed by atoms with van der Waals surface area (Å²) in [4.78, 5) is 41.2. The summed E-state index contributed by atoms with van der Waals surface area (Å²) in [6.45, 7) is 3.10. The van der Waals surface area contributed by atoms with Crippen LogP contribution in [0.25, 0.3) is 16.3 Å². The predicted octanol–water partition coefficient (Wildman–Crippen LogP) is 3.36. The van der Waals surface area contributed by atoms with Crippen molar-refractivity contribution in [3.63, 3.8) is 0 Å². The normalized spacial score (nSPS) is 13.8. The molecule has 1 saturated heterocycles. The van der Waals surface area contributed by atoms with Crippen molar-refractivity contribution in [2.75, 3.05) is 44.0 Å². The molecule has 1 aliphatic heterocycles. The van der Waals surface area contributed by atoms with Gasteiger partial charge in [0.15, 0.2) is 5.65 Å². The fourth-order valence-electron chi connectivity index (χ4n) is 4.07. The molecule has 1 aliphatic rings. The number of carbonyl (C=O) groups excluding carboxylic acids is 1. The van der Waals surface area contributed by atoms with Crippen LogP contribution in [0.1, 0.15) is 16.0 Å². The summed E-state index contributed by atoms with van der Waals surface area (Å²) in [5, 5.41) is 11.3. The van der Waals surface area contributed by atoms with E-state index < -0.39 is 11.3 Å². The average molecular weight is 491 g/mol. The van der Waals surface area contributed by atoms with E-state index in [1.54, 1.807) is 29.2 Å². The Bertz CT molecular complexity index is 1490. The van der Waals surface area contributed by atoms with Crippen LogP contribution in [0, 0.1) is 6.92 Å². The van der Waals surface area contributed by atoms with E-state index in [9.17, 15) is 14.7 Å². The van der Waals surface area contributed by atoms with Gasteiger partial charge in [-0.25, -0.2) is 14.8 Å². The number of thiazole rings is 1. The molecule has 2 amide bonds. The van der Waals surface area contributed by atoms with Crippen LogP contribution in [0.3, 0.4) is 0 Å². The number of aromatic nitrogens is 3. The minimum Gasteiger partial charge on any atom is -0.501 e. The van der Waals surface area contributed by atoms with Crippen molar-refractivity contribution < 1.29 is 9.90 Å². The van der Waals surface area contributed by atoms with Gasteiger partial charge in [-0.05, 0) is 18.6 Å². The summed E-state index contributed by atoms with van der Waals surface area (Å²) in [5.74, 6) is -0.467. The summed E-state index contributed by atoms with van der Waals surface area (Å²) in [6.07, 6.45) is 4.06. The third kappa shape index (κ3) is 4.10. The van der Waals surface area contributed by atoms with E-state index in [1.165, 1.54) is 21.3 Å². The lowest BCUT2D eigenvalue weighted by Crippen LogP contribution is -2.31. The van der Waals surface area contributed by atoms with E-state index in [1.807, 2.05) is 32.0 Å². The van der Waals surface area contributed by atoms with Crippen LogP contribution in [0.5, 0.6) is 5.75 Å². The first-order chi connectivity index (χ1) is 16.7. The second kappa shape index (κ2) is 8.70. The quantitative estimate of drug-likeness (QED) is 0.461. The van der Waals surface area contributed by atoms with Gasteiger partial charge in [-0.2, -0.15) is 0 Å². The van der Waals surface area contributed by atoms with E-state index in [0.29, 0.717) is 41.5 Å². The number of benzene rings is 1. The molecule has 9 nitrogen and oxygen atoms in total. The largest absolute Gasteiger partial charge is 0.501 e. The fourth-order valence-corrected chi connectivity index (χ4v) is 5.00. The molecule has 0 bridgehead atoms. The monoisotopic (exact) mass is 490 g/mol. The molecule has 1 aromatic carbocycles. The Morgan fingerprint density at radius 1 is 1.14 bits per heavy atom. The van der Waals surface area contributed by atoms with E-state index in [2.05, 4.69) is 34.2 Å². The number of pyridine rings is 1. The fraction of sp³-hybridized carbons (Fsp3) is 0.280. The lowest BCUT2D eigenvalue weighted by Gasteiger charge is -2.22. The lowest BCUT2D eigenvalue weighted by molar-refractivity contribution is 0.229. The highest BCUT2D eigenvalue weighted by molar-refractivity contribution is 7.15. The molecule has 0 atom stereocenters. The molecule has 0 spiro atoms. The third-order valence-electron chi connectivity index (χ3n) is 6.15. The van der Waals surface area contributed by atoms with Gasteiger partial charge in [-0.3, -0.25) is 14.1 Å². The number of amides is 2. The van der Waals surface area contributed by atoms with E-state index in [4.69, 9.17) is 0 Å². The van der Waals surface area contributed by atoms with Crippen molar-refractivity contribution in [2.24, 2.45) is 0 Å². The molecule has 0 saturated carbocycles. The zero-order chi connectivity index (χ0) is 24.9. The van der Waals surface area contributed by atoms with Crippen LogP contribution in [0.2, 0.25) is 0 Å². The molecule has 0 aliphatic carbocycles. The summed E-state index contributed by atoms with van der Waals surface area (Å²) in [7, 11) is 5.43. The van der Waals surface area contributed by atoms with Crippen LogP contribution in [0.15, 0.2) is 47.5 Å². The van der Waals surface area contributed by atoms with Crippen LogP contribution >= 0.6 is 11.3 Å². The third-order valence-corrected chi connectivity index (χ3v) is 7.15. The Kier molecular flexibility index (Phi) is 5.68. The predicted molar refractivity (Wildman–Crippen MR) is 138 cm³/mol. The van der Waals surface area contributed by atoms with E-state index in [-0.39, 0.29) is 11.7 Å². The number of hydrogen-bond donors (Lipinski definition) is 1. The van der Waals surface area contributed by atoms with Gasteiger partial charge in [0.1, 0.15) is 10.7 Å². The summed E-state index contributed by atoms with van der Waals surface area (Å²) < 4.78 is 1.30. The molecule has 180 valence electrons. The summed E-state index contributed by atoms with van der Waals surface area (Å²) in [6, 6.07) is 9.95. The van der Waals surface area contributed by atoms with E-state index >= 15 is 0 Å². The number of nitrogens with zero attached hydrogens (tertiary/aromatic N) is 6. The number of rotatable bonds is 5. The van der Waals surface area contributed by atoms with Gasteiger partial charge in [0, 0.05) is 57.9 Å². The molecular formula is C25H26N6O3S. The number of carbonyl (C=O) groups is 1. The van der Waals surface area contributed by atoms with Gasteiger partial charge >= 0.3 is 11.6 Å². The summed E-state index contributed by atoms with van der Waals surface area (Å²) in [5.41, 5.74) is 3.38. The SMILES string of the molecule is Cc1ccc(Cc2cnc(-c3nc4c(N5CCN(C)C5=O)cc(N(C)C)cn4c(=O)c3O)s2)cc1. The zero-order valence-corrected chi connectivity index (χ0v) is 20.8. The van der Waals surface area contributed by atoms with Crippen molar-refractivity contribution in [3.8, 4) is 16.5 Å². The number of urea groups is 1. The second-order valence-corrected chi connectivity index (χ2v) is 10.1. The summed E-state index contributed by atoms with van der Waals surface area (Å²) >= 11 is 1.38. The van der Waals surface area contributed by atoms with Crippen molar-refractivity contribution >= 4 is 34.4 Å². The number of likely N-dealkylation sites (N-methyl/N-ethyl adjacent to an activating group) is 1. The highest BCUT2D eigenvalue weighted by atomic mass is 32.1. The molecule has 4 heterocycles. The second-order valence-electron chi connectivity index (χ2n) is 8.94. The maximum Gasteiger partial charge on any atom is 0.324 e. The number of hydrogen-bond acceptors (Lipinski definition) is 7.